The summed E-state index contributed by atoms with van der Waals surface area (Å²) in [4.78, 5) is 26.8. The van der Waals surface area contributed by atoms with E-state index in [1.54, 1.807) is 57.2 Å². The lowest BCUT2D eigenvalue weighted by molar-refractivity contribution is -0.121. The summed E-state index contributed by atoms with van der Waals surface area (Å²) in [6.45, 7) is 6.16. The van der Waals surface area contributed by atoms with Crippen molar-refractivity contribution in [3.8, 4) is 5.75 Å². The number of sulfonamides is 1. The number of hydrogen-bond donors (Lipinski definition) is 2. The van der Waals surface area contributed by atoms with Gasteiger partial charge in [-0.15, -0.1) is 0 Å². The Bertz CT molecular complexity index is 1140. The van der Waals surface area contributed by atoms with Crippen LogP contribution in [0.5, 0.6) is 5.75 Å². The molecule has 2 aromatic carbocycles. The van der Waals surface area contributed by atoms with Crippen LogP contribution in [-0.2, 0) is 19.6 Å². The summed E-state index contributed by atoms with van der Waals surface area (Å²) in [6, 6.07) is 12.7. The van der Waals surface area contributed by atoms with E-state index in [1.165, 1.54) is 24.1 Å². The van der Waals surface area contributed by atoms with Crippen molar-refractivity contribution in [1.29, 1.82) is 0 Å². The number of methoxy groups -OCH3 is 1. The minimum atomic E-state index is -3.92. The number of benzene rings is 2. The van der Waals surface area contributed by atoms with Gasteiger partial charge < -0.3 is 19.7 Å². The first-order chi connectivity index (χ1) is 16.0. The zero-order valence-electron chi connectivity index (χ0n) is 19.8. The van der Waals surface area contributed by atoms with Gasteiger partial charge in [-0.1, -0.05) is 18.2 Å². The molecule has 1 heterocycles. The third-order valence-corrected chi connectivity index (χ3v) is 6.57. The third-order valence-electron chi connectivity index (χ3n) is 5.21. The Labute approximate surface area is 200 Å². The van der Waals surface area contributed by atoms with Crippen molar-refractivity contribution in [3.05, 3.63) is 48.5 Å². The highest BCUT2D eigenvalue weighted by atomic mass is 32.2. The highest BCUT2D eigenvalue weighted by Crippen LogP contribution is 2.27. The first kappa shape index (κ1) is 25.4. The van der Waals surface area contributed by atoms with E-state index in [1.807, 2.05) is 0 Å². The van der Waals surface area contributed by atoms with Crippen LogP contribution in [0.15, 0.2) is 53.4 Å². The van der Waals surface area contributed by atoms with Crippen LogP contribution in [0.4, 0.5) is 16.2 Å². The monoisotopic (exact) mass is 489 g/mol. The molecular weight excluding hydrogens is 458 g/mol. The van der Waals surface area contributed by atoms with E-state index >= 15 is 0 Å². The number of likely N-dealkylation sites (tertiary alicyclic amines) is 1. The standard InChI is InChI=1S/C24H31N3O6S/c1-24(2,3)33-23(29)27-14-8-9-17(16-27)22(28)25-18-10-7-11-19(15-18)34(30,31)26-20-12-5-6-13-21(20)32-4/h5-7,10-13,15,17,26H,8-9,14,16H2,1-4H3,(H,25,28). The Morgan fingerprint density at radius 1 is 1.09 bits per heavy atom. The summed E-state index contributed by atoms with van der Waals surface area (Å²) in [5.41, 5.74) is 0.0434. The van der Waals surface area contributed by atoms with Gasteiger partial charge in [0, 0.05) is 18.8 Å². The van der Waals surface area contributed by atoms with Gasteiger partial charge >= 0.3 is 6.09 Å². The fourth-order valence-corrected chi connectivity index (χ4v) is 4.72. The average molecular weight is 490 g/mol. The van der Waals surface area contributed by atoms with Crippen molar-refractivity contribution in [2.75, 3.05) is 30.2 Å². The Morgan fingerprint density at radius 2 is 1.82 bits per heavy atom. The van der Waals surface area contributed by atoms with Crippen molar-refractivity contribution >= 4 is 33.4 Å². The number of carbonyl (C=O) groups is 2. The summed E-state index contributed by atoms with van der Waals surface area (Å²) in [7, 11) is -2.46. The summed E-state index contributed by atoms with van der Waals surface area (Å²) in [5, 5.41) is 2.78. The molecule has 34 heavy (non-hydrogen) atoms. The average Bonchev–Trinajstić information content (AvgIpc) is 2.78. The van der Waals surface area contributed by atoms with E-state index in [4.69, 9.17) is 9.47 Å². The maximum Gasteiger partial charge on any atom is 0.410 e. The molecule has 3 rings (SSSR count). The quantitative estimate of drug-likeness (QED) is 0.632. The summed E-state index contributed by atoms with van der Waals surface area (Å²) in [6.07, 6.45) is 0.855. The molecule has 1 saturated heterocycles. The van der Waals surface area contributed by atoms with E-state index in [0.29, 0.717) is 36.5 Å². The lowest BCUT2D eigenvalue weighted by Crippen LogP contribution is -2.45. The first-order valence-corrected chi connectivity index (χ1v) is 12.5. The summed E-state index contributed by atoms with van der Waals surface area (Å²) >= 11 is 0. The molecule has 2 N–H and O–H groups in total. The summed E-state index contributed by atoms with van der Waals surface area (Å²) < 4.78 is 38.9. The number of carbonyl (C=O) groups excluding carboxylic acids is 2. The van der Waals surface area contributed by atoms with E-state index < -0.39 is 27.6 Å². The number of rotatable bonds is 6. The number of amides is 2. The number of nitrogens with one attached hydrogen (secondary N) is 2. The number of nitrogens with zero attached hydrogens (tertiary/aromatic N) is 1. The van der Waals surface area contributed by atoms with Gasteiger partial charge in [0.05, 0.1) is 23.6 Å². The molecule has 1 atom stereocenters. The van der Waals surface area contributed by atoms with Crippen LogP contribution in [0.25, 0.3) is 0 Å². The maximum absolute atomic E-state index is 12.9. The molecule has 9 nitrogen and oxygen atoms in total. The van der Waals surface area contributed by atoms with Crippen LogP contribution in [0.2, 0.25) is 0 Å². The van der Waals surface area contributed by atoms with E-state index in [9.17, 15) is 18.0 Å². The van der Waals surface area contributed by atoms with E-state index in [2.05, 4.69) is 10.0 Å². The number of para-hydroxylation sites is 2. The molecule has 0 radical (unpaired) electrons. The van der Waals surface area contributed by atoms with Gasteiger partial charge in [-0.25, -0.2) is 13.2 Å². The van der Waals surface area contributed by atoms with Gasteiger partial charge in [-0.2, -0.15) is 0 Å². The molecule has 0 saturated carbocycles. The normalized spacial score (nSPS) is 16.5. The molecule has 0 bridgehead atoms. The molecule has 2 aromatic rings. The minimum absolute atomic E-state index is 0.00442. The maximum atomic E-state index is 12.9. The molecule has 0 spiro atoms. The third kappa shape index (κ3) is 6.63. The Balaban J connectivity index is 1.69. The van der Waals surface area contributed by atoms with Gasteiger partial charge in [0.2, 0.25) is 5.91 Å². The number of piperidine rings is 1. The highest BCUT2D eigenvalue weighted by Gasteiger charge is 2.31. The Kier molecular flexibility index (Phi) is 7.71. The minimum Gasteiger partial charge on any atom is -0.495 e. The molecule has 1 unspecified atom stereocenters. The van der Waals surface area contributed by atoms with Crippen LogP contribution in [0.3, 0.4) is 0 Å². The predicted molar refractivity (Wildman–Crippen MR) is 129 cm³/mol. The van der Waals surface area contributed by atoms with Crippen LogP contribution >= 0.6 is 0 Å². The van der Waals surface area contributed by atoms with Crippen LogP contribution in [0.1, 0.15) is 33.6 Å². The topological polar surface area (TPSA) is 114 Å². The van der Waals surface area contributed by atoms with Gasteiger partial charge in [-0.05, 0) is 63.9 Å². The second kappa shape index (κ2) is 10.3. The van der Waals surface area contributed by atoms with Crippen LogP contribution < -0.4 is 14.8 Å². The number of hydrogen-bond acceptors (Lipinski definition) is 6. The molecule has 184 valence electrons. The Hall–Kier alpha value is -3.27. The summed E-state index contributed by atoms with van der Waals surface area (Å²) in [5.74, 6) is -0.309. The van der Waals surface area contributed by atoms with Gasteiger partial charge in [-0.3, -0.25) is 9.52 Å². The molecule has 0 aliphatic carbocycles. The van der Waals surface area contributed by atoms with Crippen molar-refractivity contribution in [3.63, 3.8) is 0 Å². The SMILES string of the molecule is COc1ccccc1NS(=O)(=O)c1cccc(NC(=O)C2CCCN(C(=O)OC(C)(C)C)C2)c1. The number of anilines is 2. The van der Waals surface area contributed by atoms with Gasteiger partial charge in [0.1, 0.15) is 11.4 Å². The molecular formula is C24H31N3O6S. The van der Waals surface area contributed by atoms with E-state index in [-0.39, 0.29) is 17.3 Å². The fourth-order valence-electron chi connectivity index (χ4n) is 3.60. The zero-order valence-corrected chi connectivity index (χ0v) is 20.6. The largest absolute Gasteiger partial charge is 0.495 e. The second-order valence-electron chi connectivity index (χ2n) is 9.09. The van der Waals surface area contributed by atoms with Crippen LogP contribution in [-0.4, -0.2) is 51.1 Å². The smallest absolute Gasteiger partial charge is 0.410 e. The van der Waals surface area contributed by atoms with Gasteiger partial charge in [0.25, 0.3) is 10.0 Å². The fraction of sp³-hybridized carbons (Fsp3) is 0.417. The molecule has 10 heteroatoms. The van der Waals surface area contributed by atoms with Crippen molar-refractivity contribution in [1.82, 2.24) is 4.90 Å². The zero-order chi connectivity index (χ0) is 24.9. The van der Waals surface area contributed by atoms with Crippen LogP contribution in [0, 0.1) is 5.92 Å². The van der Waals surface area contributed by atoms with Crippen molar-refractivity contribution < 1.29 is 27.5 Å². The lowest BCUT2D eigenvalue weighted by atomic mass is 9.97. The lowest BCUT2D eigenvalue weighted by Gasteiger charge is -2.33. The second-order valence-corrected chi connectivity index (χ2v) is 10.8. The highest BCUT2D eigenvalue weighted by molar-refractivity contribution is 7.92. The van der Waals surface area contributed by atoms with Crippen molar-refractivity contribution in [2.24, 2.45) is 5.92 Å². The Morgan fingerprint density at radius 3 is 2.53 bits per heavy atom. The predicted octanol–water partition coefficient (Wildman–Crippen LogP) is 4.08. The molecule has 1 aliphatic heterocycles. The van der Waals surface area contributed by atoms with E-state index in [0.717, 1.165) is 0 Å². The molecule has 1 aliphatic rings. The molecule has 1 fully saturated rings. The molecule has 0 aromatic heterocycles. The number of ether oxygens (including phenoxy) is 2. The molecule has 2 amide bonds. The van der Waals surface area contributed by atoms with Crippen molar-refractivity contribution in [2.45, 2.75) is 44.1 Å². The first-order valence-electron chi connectivity index (χ1n) is 11.0. The van der Waals surface area contributed by atoms with Gasteiger partial charge in [0.15, 0.2) is 0 Å².